The van der Waals surface area contributed by atoms with Gasteiger partial charge >= 0.3 is 6.03 Å². The monoisotopic (exact) mass is 640 g/mol. The molecule has 1 saturated carbocycles. The first-order valence-electron chi connectivity index (χ1n) is 15.4. The van der Waals surface area contributed by atoms with Crippen molar-refractivity contribution in [2.45, 2.75) is 57.0 Å². The van der Waals surface area contributed by atoms with Gasteiger partial charge < -0.3 is 20.1 Å². The number of carbonyl (C=O) groups excluding carboxylic acids is 2. The van der Waals surface area contributed by atoms with Gasteiger partial charge in [0.1, 0.15) is 15.7 Å². The first kappa shape index (κ1) is 30.9. The average Bonchev–Trinajstić information content (AvgIpc) is 3.10. The molecule has 1 unspecified atom stereocenters. The summed E-state index contributed by atoms with van der Waals surface area (Å²) in [5, 5.41) is 0.739. The summed E-state index contributed by atoms with van der Waals surface area (Å²) in [6.07, 6.45) is 9.84. The molecule has 0 saturated heterocycles. The number of benzene rings is 2. The number of nitrogens with zero attached hydrogens (tertiary/aromatic N) is 2. The summed E-state index contributed by atoms with van der Waals surface area (Å²) in [7, 11) is -1.71. The Hall–Kier alpha value is -3.08. The summed E-state index contributed by atoms with van der Waals surface area (Å²) in [5.74, 6) is 0.630. The molecule has 3 N–H and O–H groups in total. The number of aryl methyl sites for hydroxylation is 1. The number of primary amides is 1. The zero-order chi connectivity index (χ0) is 31.1. The van der Waals surface area contributed by atoms with Crippen LogP contribution in [0.2, 0.25) is 5.02 Å². The van der Waals surface area contributed by atoms with Crippen molar-refractivity contribution in [2.75, 3.05) is 37.5 Å². The zero-order valence-corrected chi connectivity index (χ0v) is 26.9. The lowest BCUT2D eigenvalue weighted by Crippen LogP contribution is -2.49. The Morgan fingerprint density at radius 1 is 1.25 bits per heavy atom. The molecule has 2 heterocycles. The number of methoxy groups -OCH3 is 1. The molecule has 2 aliphatic carbocycles. The van der Waals surface area contributed by atoms with Gasteiger partial charge in [0.2, 0.25) is 0 Å². The van der Waals surface area contributed by atoms with Crippen LogP contribution in [0.3, 0.4) is 0 Å². The molecular formula is C33H41ClN4O5S. The van der Waals surface area contributed by atoms with E-state index in [2.05, 4.69) is 32.2 Å². The fraction of sp³-hybridized carbons (Fsp3) is 0.515. The molecule has 44 heavy (non-hydrogen) atoms. The van der Waals surface area contributed by atoms with E-state index >= 15 is 0 Å². The number of nitrogens with two attached hydrogens (primary N) is 1. The summed E-state index contributed by atoms with van der Waals surface area (Å²) in [5.41, 5.74) is 8.74. The number of ether oxygens (including phenoxy) is 2. The largest absolute Gasteiger partial charge is 0.490 e. The van der Waals surface area contributed by atoms with Gasteiger partial charge in [-0.15, -0.1) is 4.36 Å². The molecule has 0 aromatic heterocycles. The van der Waals surface area contributed by atoms with Gasteiger partial charge in [0, 0.05) is 36.2 Å². The summed E-state index contributed by atoms with van der Waals surface area (Å²) < 4.78 is 32.7. The van der Waals surface area contributed by atoms with E-state index in [1.807, 2.05) is 25.1 Å². The van der Waals surface area contributed by atoms with Crippen molar-refractivity contribution < 1.29 is 23.3 Å². The van der Waals surface area contributed by atoms with E-state index in [0.29, 0.717) is 30.6 Å². The number of hydrogen-bond donors (Lipinski definition) is 2. The van der Waals surface area contributed by atoms with Gasteiger partial charge in [-0.1, -0.05) is 36.7 Å². The quantitative estimate of drug-likeness (QED) is 0.410. The molecule has 2 aromatic rings. The molecule has 9 nitrogen and oxygen atoms in total. The van der Waals surface area contributed by atoms with Crippen molar-refractivity contribution in [2.24, 2.45) is 27.9 Å². The standard InChI is InChI=1S/C33H41ClN4O5S/c1-21-5-3-7-29(42-2)26-11-8-24(26)17-38-19-33(14-4-6-22-15-25(34)10-12-27(22)33)20-43-30-13-9-23(16-28(30)38)31(39)36-44(41,18-21)37-32(35)40/h3,7,9-10,12-13,15-16,21,24,26,29H,4-6,8,11,14,17-20H2,1-2H3,(H3,35,36,37,39,40,41)/b7-3+/t21-,24-,26+,29-,33-,44?/m0/s1. The Labute approximate surface area is 264 Å². The van der Waals surface area contributed by atoms with Crippen LogP contribution in [0.5, 0.6) is 5.75 Å². The summed E-state index contributed by atoms with van der Waals surface area (Å²) >= 11 is 6.41. The normalized spacial score (nSPS) is 32.6. The van der Waals surface area contributed by atoms with Crippen LogP contribution in [-0.4, -0.2) is 54.8 Å². The minimum atomic E-state index is -3.46. The SMILES string of the molecule is CO[C@H]1/C=C/C[C@H](C)CS(=O)(NC(N)=O)=NC(=O)c2ccc3c(c2)N(C[C@@H]2CC[C@H]21)C[C@@]1(CCCc2cc(Cl)ccc21)CO3. The lowest BCUT2D eigenvalue weighted by atomic mass is 9.68. The van der Waals surface area contributed by atoms with Gasteiger partial charge in [0.25, 0.3) is 5.91 Å². The number of hydrogen-bond acceptors (Lipinski definition) is 6. The molecular weight excluding hydrogens is 600 g/mol. The number of halogens is 1. The van der Waals surface area contributed by atoms with Crippen LogP contribution in [0.25, 0.3) is 0 Å². The number of fused-ring (bicyclic) bond motifs is 4. The Balaban J connectivity index is 1.46. The highest BCUT2D eigenvalue weighted by Crippen LogP contribution is 2.47. The van der Waals surface area contributed by atoms with E-state index in [0.717, 1.165) is 55.9 Å². The van der Waals surface area contributed by atoms with Gasteiger partial charge in [0.15, 0.2) is 0 Å². The molecule has 6 atom stereocenters. The van der Waals surface area contributed by atoms with E-state index in [1.165, 1.54) is 11.1 Å². The molecule has 6 rings (SSSR count). The molecule has 4 aliphatic rings. The summed E-state index contributed by atoms with van der Waals surface area (Å²) in [4.78, 5) is 27.7. The van der Waals surface area contributed by atoms with Gasteiger partial charge in [-0.05, 0) is 97.7 Å². The van der Waals surface area contributed by atoms with E-state index in [4.69, 9.17) is 26.8 Å². The zero-order valence-electron chi connectivity index (χ0n) is 25.3. The van der Waals surface area contributed by atoms with Crippen molar-refractivity contribution in [3.63, 3.8) is 0 Å². The van der Waals surface area contributed by atoms with Gasteiger partial charge in [0.05, 0.1) is 24.2 Å². The number of amides is 3. The minimum absolute atomic E-state index is 0.0121. The maximum atomic E-state index is 13.8. The molecule has 0 radical (unpaired) electrons. The van der Waals surface area contributed by atoms with Crippen LogP contribution >= 0.6 is 11.6 Å². The number of anilines is 1. The van der Waals surface area contributed by atoms with Crippen molar-refractivity contribution in [3.8, 4) is 5.75 Å². The number of carbonyl (C=O) groups is 2. The first-order valence-corrected chi connectivity index (χ1v) is 17.5. The molecule has 2 bridgehead atoms. The third-order valence-corrected chi connectivity index (χ3v) is 12.0. The Morgan fingerprint density at radius 3 is 2.84 bits per heavy atom. The highest BCUT2D eigenvalue weighted by atomic mass is 35.5. The number of urea groups is 1. The topological polar surface area (TPSA) is 123 Å². The lowest BCUT2D eigenvalue weighted by Gasteiger charge is -2.46. The summed E-state index contributed by atoms with van der Waals surface area (Å²) in [6, 6.07) is 10.5. The maximum absolute atomic E-state index is 13.8. The average molecular weight is 641 g/mol. The van der Waals surface area contributed by atoms with E-state index < -0.39 is 21.9 Å². The van der Waals surface area contributed by atoms with E-state index in [1.54, 1.807) is 19.2 Å². The Kier molecular flexibility index (Phi) is 8.69. The maximum Gasteiger partial charge on any atom is 0.324 e. The van der Waals surface area contributed by atoms with E-state index in [-0.39, 0.29) is 28.8 Å². The first-order chi connectivity index (χ1) is 21.1. The van der Waals surface area contributed by atoms with Crippen LogP contribution in [0.15, 0.2) is 52.9 Å². The number of allylic oxidation sites excluding steroid dienone is 1. The van der Waals surface area contributed by atoms with Crippen molar-refractivity contribution in [3.05, 3.63) is 70.3 Å². The smallest absolute Gasteiger partial charge is 0.324 e. The second kappa shape index (κ2) is 12.4. The molecule has 11 heteroatoms. The highest BCUT2D eigenvalue weighted by Gasteiger charge is 2.44. The van der Waals surface area contributed by atoms with Crippen molar-refractivity contribution in [1.29, 1.82) is 0 Å². The Bertz CT molecular complexity index is 1600. The lowest BCUT2D eigenvalue weighted by molar-refractivity contribution is 0.0131. The molecule has 2 aliphatic heterocycles. The van der Waals surface area contributed by atoms with Crippen molar-refractivity contribution in [1.82, 2.24) is 4.72 Å². The fourth-order valence-electron chi connectivity index (χ4n) is 7.52. The van der Waals surface area contributed by atoms with Crippen LogP contribution in [0.4, 0.5) is 10.5 Å². The van der Waals surface area contributed by atoms with Gasteiger partial charge in [-0.25, -0.2) is 9.00 Å². The second-order valence-corrected chi connectivity index (χ2v) is 15.4. The predicted molar refractivity (Wildman–Crippen MR) is 173 cm³/mol. The van der Waals surface area contributed by atoms with Crippen molar-refractivity contribution >= 4 is 39.1 Å². The van der Waals surface area contributed by atoms with E-state index in [9.17, 15) is 13.8 Å². The minimum Gasteiger partial charge on any atom is -0.490 e. The van der Waals surface area contributed by atoms with Crippen LogP contribution in [0.1, 0.15) is 60.5 Å². The van der Waals surface area contributed by atoms with Gasteiger partial charge in [-0.2, -0.15) is 0 Å². The van der Waals surface area contributed by atoms with Crippen LogP contribution in [0, 0.1) is 17.8 Å². The predicted octanol–water partition coefficient (Wildman–Crippen LogP) is 5.64. The fourth-order valence-corrected chi connectivity index (χ4v) is 9.52. The second-order valence-electron chi connectivity index (χ2n) is 12.9. The third-order valence-electron chi connectivity index (χ3n) is 9.77. The molecule has 3 amide bonds. The summed E-state index contributed by atoms with van der Waals surface area (Å²) in [6.45, 7) is 3.92. The van der Waals surface area contributed by atoms with Gasteiger partial charge in [-0.3, -0.25) is 9.52 Å². The van der Waals surface area contributed by atoms with Crippen LogP contribution in [-0.2, 0) is 26.5 Å². The molecule has 1 spiro atoms. The number of rotatable bonds is 2. The third kappa shape index (κ3) is 6.21. The molecule has 2 aromatic carbocycles. The Morgan fingerprint density at radius 2 is 2.09 bits per heavy atom. The molecule has 236 valence electrons. The number of nitrogens with one attached hydrogen (secondary N) is 1. The van der Waals surface area contributed by atoms with Crippen LogP contribution < -0.4 is 20.1 Å². The highest BCUT2D eigenvalue weighted by molar-refractivity contribution is 7.92. The molecule has 1 fully saturated rings.